The Kier molecular flexibility index (Phi) is 2.13. The maximum Gasteiger partial charge on any atom is -0.0199 e. The minimum atomic E-state index is 0.345. The van der Waals surface area contributed by atoms with Gasteiger partial charge in [-0.1, -0.05) is 18.6 Å². The highest BCUT2D eigenvalue weighted by molar-refractivity contribution is 4.91. The molecule has 0 nitrogen and oxygen atoms in total. The Hall–Kier alpha value is -0.260. The van der Waals surface area contributed by atoms with E-state index in [1.54, 1.807) is 0 Å². The molecule has 44 valence electrons. The van der Waals surface area contributed by atoms with E-state index in [2.05, 4.69) is 12.2 Å². The first-order chi connectivity index (χ1) is 3.89. The van der Waals surface area contributed by atoms with Crippen LogP contribution in [0.25, 0.3) is 0 Å². The summed E-state index contributed by atoms with van der Waals surface area (Å²) in [7, 11) is 0. The molecule has 2 radical (unpaired) electrons. The van der Waals surface area contributed by atoms with E-state index in [9.17, 15) is 0 Å². The molecule has 1 unspecified atom stereocenters. The predicted octanol–water partition coefficient (Wildman–Crippen LogP) is 2.44. The number of allylic oxidation sites excluding steroid dienone is 2. The molecule has 0 saturated heterocycles. The standard InChI is InChI=1S/C8H12/c1-8-6-4-2-3-5-7-8/h1,4,6,8H,2-3,5,7H2. The quantitative estimate of drug-likeness (QED) is 0.418. The van der Waals surface area contributed by atoms with Gasteiger partial charge in [0.1, 0.15) is 0 Å². The van der Waals surface area contributed by atoms with Crippen LogP contribution in [0.15, 0.2) is 12.2 Å². The molecule has 1 aliphatic rings. The Labute approximate surface area is 51.6 Å². The third-order valence-electron chi connectivity index (χ3n) is 1.54. The number of hydrogen-bond donors (Lipinski definition) is 0. The lowest BCUT2D eigenvalue weighted by Gasteiger charge is -1.98. The average Bonchev–Trinajstić information content (AvgIpc) is 1.94. The SMILES string of the molecule is [CH]C1C=CCCCC1. The lowest BCUT2D eigenvalue weighted by Crippen LogP contribution is -1.85. The van der Waals surface area contributed by atoms with Crippen LogP contribution in [0.1, 0.15) is 25.7 Å². The van der Waals surface area contributed by atoms with Gasteiger partial charge in [-0.25, -0.2) is 0 Å². The van der Waals surface area contributed by atoms with Crippen LogP contribution < -0.4 is 0 Å². The summed E-state index contributed by atoms with van der Waals surface area (Å²) in [5.74, 6) is 0.345. The zero-order valence-electron chi connectivity index (χ0n) is 5.14. The first-order valence-electron chi connectivity index (χ1n) is 3.32. The van der Waals surface area contributed by atoms with Crippen LogP contribution in [0.5, 0.6) is 0 Å². The second-order valence-corrected chi connectivity index (χ2v) is 2.38. The number of rotatable bonds is 0. The van der Waals surface area contributed by atoms with Gasteiger partial charge in [-0.15, -0.1) is 0 Å². The molecule has 0 amide bonds. The summed E-state index contributed by atoms with van der Waals surface area (Å²) < 4.78 is 0. The molecule has 1 atom stereocenters. The Morgan fingerprint density at radius 1 is 1.38 bits per heavy atom. The predicted molar refractivity (Wildman–Crippen MR) is 35.4 cm³/mol. The highest BCUT2D eigenvalue weighted by Crippen LogP contribution is 2.14. The van der Waals surface area contributed by atoms with Crippen molar-refractivity contribution >= 4 is 0 Å². The summed E-state index contributed by atoms with van der Waals surface area (Å²) in [6.45, 7) is 5.65. The van der Waals surface area contributed by atoms with Gasteiger partial charge in [0.25, 0.3) is 0 Å². The highest BCUT2D eigenvalue weighted by atomic mass is 14.0. The lowest BCUT2D eigenvalue weighted by atomic mass is 10.1. The molecule has 0 fully saturated rings. The van der Waals surface area contributed by atoms with Crippen LogP contribution in [0.4, 0.5) is 0 Å². The van der Waals surface area contributed by atoms with E-state index in [1.165, 1.54) is 25.7 Å². The fraction of sp³-hybridized carbons (Fsp3) is 0.625. The van der Waals surface area contributed by atoms with Crippen LogP contribution in [-0.4, -0.2) is 0 Å². The van der Waals surface area contributed by atoms with Crippen LogP contribution in [-0.2, 0) is 0 Å². The van der Waals surface area contributed by atoms with Gasteiger partial charge in [-0.2, -0.15) is 0 Å². The fourth-order valence-corrected chi connectivity index (χ4v) is 1.01. The lowest BCUT2D eigenvalue weighted by molar-refractivity contribution is 0.643. The third-order valence-corrected chi connectivity index (χ3v) is 1.54. The van der Waals surface area contributed by atoms with Gasteiger partial charge in [0.2, 0.25) is 0 Å². The zero-order chi connectivity index (χ0) is 5.82. The summed E-state index contributed by atoms with van der Waals surface area (Å²) in [6.07, 6.45) is 9.34. The Balaban J connectivity index is 2.33. The van der Waals surface area contributed by atoms with Crippen molar-refractivity contribution < 1.29 is 0 Å². The van der Waals surface area contributed by atoms with Gasteiger partial charge in [0, 0.05) is 0 Å². The molecule has 0 saturated carbocycles. The topological polar surface area (TPSA) is 0 Å². The third kappa shape index (κ3) is 1.69. The van der Waals surface area contributed by atoms with E-state index in [4.69, 9.17) is 6.92 Å². The molecule has 0 spiro atoms. The number of hydrogen-bond acceptors (Lipinski definition) is 0. The van der Waals surface area contributed by atoms with Crippen LogP contribution in [0.3, 0.4) is 0 Å². The van der Waals surface area contributed by atoms with Crippen LogP contribution >= 0.6 is 0 Å². The van der Waals surface area contributed by atoms with Gasteiger partial charge in [0.05, 0.1) is 0 Å². The van der Waals surface area contributed by atoms with Gasteiger partial charge in [-0.05, 0) is 32.1 Å². The van der Waals surface area contributed by atoms with Crippen molar-refractivity contribution in [3.8, 4) is 0 Å². The molecule has 0 bridgehead atoms. The molecule has 1 rings (SSSR count). The van der Waals surface area contributed by atoms with Crippen molar-refractivity contribution in [3.63, 3.8) is 0 Å². The van der Waals surface area contributed by atoms with Crippen molar-refractivity contribution in [1.82, 2.24) is 0 Å². The van der Waals surface area contributed by atoms with E-state index >= 15 is 0 Å². The molecule has 0 heterocycles. The zero-order valence-corrected chi connectivity index (χ0v) is 5.14. The van der Waals surface area contributed by atoms with Crippen molar-refractivity contribution in [1.29, 1.82) is 0 Å². The minimum Gasteiger partial charge on any atom is -0.0882 e. The first kappa shape index (κ1) is 5.87. The van der Waals surface area contributed by atoms with E-state index in [0.717, 1.165) is 0 Å². The largest absolute Gasteiger partial charge is 0.0882 e. The monoisotopic (exact) mass is 108 g/mol. The van der Waals surface area contributed by atoms with E-state index in [-0.39, 0.29) is 0 Å². The molecule has 0 heteroatoms. The summed E-state index contributed by atoms with van der Waals surface area (Å²) >= 11 is 0. The summed E-state index contributed by atoms with van der Waals surface area (Å²) in [6, 6.07) is 0. The molecule has 0 aromatic heterocycles. The Morgan fingerprint density at radius 2 is 2.25 bits per heavy atom. The molecule has 0 aromatic rings. The first-order valence-corrected chi connectivity index (χ1v) is 3.32. The van der Waals surface area contributed by atoms with E-state index < -0.39 is 0 Å². The van der Waals surface area contributed by atoms with Crippen molar-refractivity contribution in [2.75, 3.05) is 0 Å². The van der Waals surface area contributed by atoms with E-state index in [0.29, 0.717) is 5.92 Å². The molecule has 0 aromatic carbocycles. The Bertz CT molecular complexity index is 82.0. The van der Waals surface area contributed by atoms with Crippen molar-refractivity contribution in [2.45, 2.75) is 25.7 Å². The maximum atomic E-state index is 5.65. The fourth-order valence-electron chi connectivity index (χ4n) is 1.01. The van der Waals surface area contributed by atoms with Gasteiger partial charge in [0.15, 0.2) is 0 Å². The van der Waals surface area contributed by atoms with Crippen molar-refractivity contribution in [2.24, 2.45) is 5.92 Å². The average molecular weight is 108 g/mol. The normalized spacial score (nSPS) is 29.9. The second-order valence-electron chi connectivity index (χ2n) is 2.38. The minimum absolute atomic E-state index is 0.345. The molecule has 0 aliphatic heterocycles. The van der Waals surface area contributed by atoms with Crippen LogP contribution in [0, 0.1) is 12.8 Å². The summed E-state index contributed by atoms with van der Waals surface area (Å²) in [4.78, 5) is 0. The highest BCUT2D eigenvalue weighted by Gasteiger charge is 1.99. The van der Waals surface area contributed by atoms with Gasteiger partial charge in [-0.3, -0.25) is 0 Å². The second kappa shape index (κ2) is 2.91. The molecule has 8 heavy (non-hydrogen) atoms. The smallest absolute Gasteiger partial charge is 0.0199 e. The van der Waals surface area contributed by atoms with Gasteiger partial charge >= 0.3 is 0 Å². The van der Waals surface area contributed by atoms with Crippen LogP contribution in [0.2, 0.25) is 0 Å². The Morgan fingerprint density at radius 3 is 3.12 bits per heavy atom. The summed E-state index contributed by atoms with van der Waals surface area (Å²) in [5, 5.41) is 0. The van der Waals surface area contributed by atoms with Crippen molar-refractivity contribution in [3.05, 3.63) is 19.1 Å². The molecule has 0 N–H and O–H groups in total. The molecular formula is C8H12. The molecule has 1 aliphatic carbocycles. The summed E-state index contributed by atoms with van der Waals surface area (Å²) in [5.41, 5.74) is 0. The van der Waals surface area contributed by atoms with Gasteiger partial charge < -0.3 is 0 Å². The maximum absolute atomic E-state index is 5.65. The molecular weight excluding hydrogens is 96.1 g/mol. The van der Waals surface area contributed by atoms with E-state index in [1.807, 2.05) is 0 Å².